The number of nitrogens with one attached hydrogen (secondary N) is 2. The van der Waals surface area contributed by atoms with Crippen LogP contribution in [0.3, 0.4) is 0 Å². The number of hydrogen-bond donors (Lipinski definition) is 2. The second-order valence-electron chi connectivity index (χ2n) is 6.38. The SMILES string of the molecule is O=C1NCC[C@H](c2cccc(C(F)(F)F)c2)[C@H]1C(=O)Nc1cccc(F)c1F. The van der Waals surface area contributed by atoms with Gasteiger partial charge in [-0.15, -0.1) is 0 Å². The molecule has 2 aromatic carbocycles. The van der Waals surface area contributed by atoms with Gasteiger partial charge in [-0.25, -0.2) is 8.78 Å². The van der Waals surface area contributed by atoms with Crippen LogP contribution in [0.4, 0.5) is 27.6 Å². The van der Waals surface area contributed by atoms with Gasteiger partial charge in [0.25, 0.3) is 0 Å². The number of halogens is 5. The van der Waals surface area contributed by atoms with Crippen molar-refractivity contribution in [1.29, 1.82) is 0 Å². The van der Waals surface area contributed by atoms with Crippen LogP contribution >= 0.6 is 0 Å². The van der Waals surface area contributed by atoms with Crippen molar-refractivity contribution in [3.8, 4) is 0 Å². The summed E-state index contributed by atoms with van der Waals surface area (Å²) in [5.74, 6) is -6.32. The van der Waals surface area contributed by atoms with Crippen LogP contribution in [0.5, 0.6) is 0 Å². The van der Waals surface area contributed by atoms with Crippen LogP contribution in [-0.2, 0) is 15.8 Å². The topological polar surface area (TPSA) is 58.2 Å². The summed E-state index contributed by atoms with van der Waals surface area (Å²) in [5.41, 5.74) is -1.18. The molecule has 3 rings (SSSR count). The largest absolute Gasteiger partial charge is 0.416 e. The molecule has 1 aliphatic rings. The molecule has 2 N–H and O–H groups in total. The predicted molar refractivity (Wildman–Crippen MR) is 90.3 cm³/mol. The third-order valence-corrected chi connectivity index (χ3v) is 4.57. The van der Waals surface area contributed by atoms with Crippen molar-refractivity contribution >= 4 is 17.5 Å². The van der Waals surface area contributed by atoms with Gasteiger partial charge in [-0.3, -0.25) is 9.59 Å². The molecule has 2 aromatic rings. The van der Waals surface area contributed by atoms with Crippen LogP contribution in [0.2, 0.25) is 0 Å². The fraction of sp³-hybridized carbons (Fsp3) is 0.263. The van der Waals surface area contributed by atoms with Crippen molar-refractivity contribution in [2.45, 2.75) is 18.5 Å². The molecule has 2 atom stereocenters. The van der Waals surface area contributed by atoms with E-state index in [4.69, 9.17) is 0 Å². The van der Waals surface area contributed by atoms with E-state index in [0.717, 1.165) is 24.3 Å². The first-order valence-electron chi connectivity index (χ1n) is 8.38. The van der Waals surface area contributed by atoms with Crippen molar-refractivity contribution in [3.63, 3.8) is 0 Å². The van der Waals surface area contributed by atoms with Gasteiger partial charge in [0.2, 0.25) is 11.8 Å². The van der Waals surface area contributed by atoms with Crippen LogP contribution in [-0.4, -0.2) is 18.4 Å². The minimum absolute atomic E-state index is 0.171. The van der Waals surface area contributed by atoms with Crippen molar-refractivity contribution in [3.05, 3.63) is 65.2 Å². The monoisotopic (exact) mass is 398 g/mol. The van der Waals surface area contributed by atoms with E-state index in [-0.39, 0.29) is 18.5 Å². The molecule has 9 heteroatoms. The number of carbonyl (C=O) groups is 2. The minimum Gasteiger partial charge on any atom is -0.355 e. The highest BCUT2D eigenvalue weighted by molar-refractivity contribution is 6.07. The van der Waals surface area contributed by atoms with E-state index in [1.54, 1.807) is 0 Å². The van der Waals surface area contributed by atoms with Crippen molar-refractivity contribution in [2.75, 3.05) is 11.9 Å². The third kappa shape index (κ3) is 3.97. The zero-order chi connectivity index (χ0) is 20.5. The van der Waals surface area contributed by atoms with Gasteiger partial charge in [0.1, 0.15) is 5.92 Å². The van der Waals surface area contributed by atoms with Gasteiger partial charge in [-0.1, -0.05) is 24.3 Å². The Labute approximate surface area is 156 Å². The molecule has 1 saturated heterocycles. The zero-order valence-corrected chi connectivity index (χ0v) is 14.3. The maximum absolute atomic E-state index is 13.8. The maximum atomic E-state index is 13.8. The van der Waals surface area contributed by atoms with E-state index in [1.807, 2.05) is 0 Å². The fourth-order valence-corrected chi connectivity index (χ4v) is 3.23. The van der Waals surface area contributed by atoms with Crippen LogP contribution in [0, 0.1) is 17.6 Å². The van der Waals surface area contributed by atoms with Crippen molar-refractivity contribution in [2.24, 2.45) is 5.92 Å². The summed E-state index contributed by atoms with van der Waals surface area (Å²) in [7, 11) is 0. The number of hydrogen-bond acceptors (Lipinski definition) is 2. The maximum Gasteiger partial charge on any atom is 0.416 e. The van der Waals surface area contributed by atoms with E-state index >= 15 is 0 Å². The highest BCUT2D eigenvalue weighted by atomic mass is 19.4. The second-order valence-corrected chi connectivity index (χ2v) is 6.38. The quantitative estimate of drug-likeness (QED) is 0.610. The fourth-order valence-electron chi connectivity index (χ4n) is 3.23. The Balaban J connectivity index is 1.92. The molecule has 2 amide bonds. The molecule has 148 valence electrons. The molecular weight excluding hydrogens is 383 g/mol. The summed E-state index contributed by atoms with van der Waals surface area (Å²) >= 11 is 0. The van der Waals surface area contributed by atoms with Crippen LogP contribution in [0.25, 0.3) is 0 Å². The normalized spacial score (nSPS) is 19.8. The molecule has 1 fully saturated rings. The summed E-state index contributed by atoms with van der Waals surface area (Å²) in [6.07, 6.45) is -4.36. The molecule has 1 aliphatic heterocycles. The first-order valence-corrected chi connectivity index (χ1v) is 8.38. The number of amides is 2. The molecule has 0 spiro atoms. The highest BCUT2D eigenvalue weighted by Crippen LogP contribution is 2.36. The summed E-state index contributed by atoms with van der Waals surface area (Å²) in [5, 5.41) is 4.64. The average Bonchev–Trinajstić information content (AvgIpc) is 2.64. The smallest absolute Gasteiger partial charge is 0.355 e. The summed E-state index contributed by atoms with van der Waals surface area (Å²) in [6, 6.07) is 7.56. The lowest BCUT2D eigenvalue weighted by Gasteiger charge is -2.31. The first kappa shape index (κ1) is 19.8. The molecular formula is C19H15F5N2O2. The van der Waals surface area contributed by atoms with Crippen LogP contribution < -0.4 is 10.6 Å². The third-order valence-electron chi connectivity index (χ3n) is 4.57. The van der Waals surface area contributed by atoms with Crippen LogP contribution in [0.15, 0.2) is 42.5 Å². The van der Waals surface area contributed by atoms with Crippen molar-refractivity contribution in [1.82, 2.24) is 5.32 Å². The van der Waals surface area contributed by atoms with Gasteiger partial charge >= 0.3 is 6.18 Å². The molecule has 0 radical (unpaired) electrons. The molecule has 1 heterocycles. The van der Waals surface area contributed by atoms with E-state index < -0.39 is 52.7 Å². The highest BCUT2D eigenvalue weighted by Gasteiger charge is 2.40. The number of alkyl halides is 3. The Bertz CT molecular complexity index is 913. The summed E-state index contributed by atoms with van der Waals surface area (Å²) in [4.78, 5) is 24.9. The lowest BCUT2D eigenvalue weighted by molar-refractivity contribution is -0.137. The summed E-state index contributed by atoms with van der Waals surface area (Å²) in [6.45, 7) is 0.178. The lowest BCUT2D eigenvalue weighted by Crippen LogP contribution is -2.46. The van der Waals surface area contributed by atoms with E-state index in [9.17, 15) is 31.5 Å². The van der Waals surface area contributed by atoms with Gasteiger partial charge in [-0.2, -0.15) is 13.2 Å². The minimum atomic E-state index is -4.57. The van der Waals surface area contributed by atoms with E-state index in [1.165, 1.54) is 18.2 Å². The Morgan fingerprint density at radius 1 is 1.11 bits per heavy atom. The standard InChI is InChI=1S/C19H15F5N2O2/c20-13-5-2-6-14(16(13)21)26-18(28)15-12(7-8-25-17(15)27)10-3-1-4-11(9-10)19(22,23)24/h1-6,9,12,15H,7-8H2,(H,25,27)(H,26,28)/t12-,15-/m1/s1. The predicted octanol–water partition coefficient (Wildman–Crippen LogP) is 3.84. The van der Waals surface area contributed by atoms with Gasteiger partial charge in [0.05, 0.1) is 11.3 Å². The van der Waals surface area contributed by atoms with Gasteiger partial charge < -0.3 is 10.6 Å². The number of anilines is 1. The number of rotatable bonds is 3. The van der Waals surface area contributed by atoms with Crippen molar-refractivity contribution < 1.29 is 31.5 Å². The molecule has 0 aromatic heterocycles. The van der Waals surface area contributed by atoms with E-state index in [2.05, 4.69) is 10.6 Å². The molecule has 0 unspecified atom stereocenters. The number of benzene rings is 2. The Kier molecular flexibility index (Phi) is 5.35. The van der Waals surface area contributed by atoms with E-state index in [0.29, 0.717) is 0 Å². The molecule has 0 bridgehead atoms. The molecule has 4 nitrogen and oxygen atoms in total. The van der Waals surface area contributed by atoms with Gasteiger partial charge in [0, 0.05) is 12.5 Å². The lowest BCUT2D eigenvalue weighted by atomic mass is 9.79. The summed E-state index contributed by atoms with van der Waals surface area (Å²) < 4.78 is 66.2. The van der Waals surface area contributed by atoms with Gasteiger partial charge in [0.15, 0.2) is 11.6 Å². The molecule has 0 aliphatic carbocycles. The van der Waals surface area contributed by atoms with Crippen LogP contribution in [0.1, 0.15) is 23.5 Å². The molecule has 28 heavy (non-hydrogen) atoms. The zero-order valence-electron chi connectivity index (χ0n) is 14.3. The Morgan fingerprint density at radius 3 is 2.54 bits per heavy atom. The number of carbonyl (C=O) groups excluding carboxylic acids is 2. The second kappa shape index (κ2) is 7.57. The van der Waals surface area contributed by atoms with Gasteiger partial charge in [-0.05, 0) is 30.2 Å². The molecule has 0 saturated carbocycles. The Hall–Kier alpha value is -2.97. The number of piperidine rings is 1. The first-order chi connectivity index (χ1) is 13.2. The average molecular weight is 398 g/mol. The Morgan fingerprint density at radius 2 is 1.82 bits per heavy atom.